The summed E-state index contributed by atoms with van der Waals surface area (Å²) in [6.07, 6.45) is 0.608. The van der Waals surface area contributed by atoms with Crippen molar-refractivity contribution in [2.75, 3.05) is 5.75 Å². The van der Waals surface area contributed by atoms with Gasteiger partial charge in [0, 0.05) is 0 Å². The summed E-state index contributed by atoms with van der Waals surface area (Å²) in [5, 5.41) is -0.0617. The largest absolute Gasteiger partial charge is 0.315 e. The molecule has 5 heteroatoms. The Morgan fingerprint density at radius 1 is 1.21 bits per heavy atom. The molecule has 0 aliphatic carbocycles. The molecule has 0 N–H and O–H groups in total. The van der Waals surface area contributed by atoms with Crippen molar-refractivity contribution in [1.82, 2.24) is 0 Å². The van der Waals surface area contributed by atoms with Gasteiger partial charge in [0.1, 0.15) is 0 Å². The Balaban J connectivity index is 4.68. The highest BCUT2D eigenvalue weighted by Gasteiger charge is 2.41. The van der Waals surface area contributed by atoms with Crippen LogP contribution in [0.1, 0.15) is 34.1 Å². The fourth-order valence-corrected chi connectivity index (χ4v) is 5.11. The molecule has 0 rings (SSSR count). The number of hydrogen-bond donors (Lipinski definition) is 0. The first-order chi connectivity index (χ1) is 6.02. The van der Waals surface area contributed by atoms with E-state index in [1.807, 2.05) is 40.8 Å². The number of hydrogen-bond acceptors (Lipinski definition) is 3. The Hall–Kier alpha value is 0.127. The van der Waals surface area contributed by atoms with Crippen LogP contribution in [0.4, 0.5) is 0 Å². The summed E-state index contributed by atoms with van der Waals surface area (Å²) in [7, 11) is -5.48. The summed E-state index contributed by atoms with van der Waals surface area (Å²) in [5.74, 6) is 0.125. The van der Waals surface area contributed by atoms with Gasteiger partial charge in [-0.05, 0) is 24.6 Å². The fraction of sp³-hybridized carbons (Fsp3) is 1.00. The summed E-state index contributed by atoms with van der Waals surface area (Å²) >= 11 is 0. The summed E-state index contributed by atoms with van der Waals surface area (Å²) in [4.78, 5) is 0. The van der Waals surface area contributed by atoms with Crippen molar-refractivity contribution in [2.24, 2.45) is 0 Å². The zero-order valence-corrected chi connectivity index (χ0v) is 11.9. The fourth-order valence-electron chi connectivity index (χ4n) is 0.734. The monoisotopic (exact) mass is 238 g/mol. The van der Waals surface area contributed by atoms with Gasteiger partial charge in [0.15, 0.2) is 0 Å². The SMILES string of the molecule is CCCS(=O)(=O)O[Si](C)(C)C(C)(C)C. The lowest BCUT2D eigenvalue weighted by Crippen LogP contribution is -2.43. The molecular formula is C9H22O3SSi. The molecule has 0 bridgehead atoms. The molecule has 0 heterocycles. The molecule has 0 saturated heterocycles. The molecule has 3 nitrogen and oxygen atoms in total. The van der Waals surface area contributed by atoms with Crippen LogP contribution in [0, 0.1) is 0 Å². The predicted octanol–water partition coefficient (Wildman–Crippen LogP) is 2.75. The van der Waals surface area contributed by atoms with Crippen LogP contribution in [0.3, 0.4) is 0 Å². The van der Waals surface area contributed by atoms with Gasteiger partial charge in [0.2, 0.25) is 8.32 Å². The van der Waals surface area contributed by atoms with Crippen LogP contribution in [-0.4, -0.2) is 22.5 Å². The second-order valence-corrected chi connectivity index (χ2v) is 11.8. The van der Waals surface area contributed by atoms with Gasteiger partial charge >= 0.3 is 0 Å². The minimum atomic E-state index is -3.31. The van der Waals surface area contributed by atoms with E-state index in [-0.39, 0.29) is 10.8 Å². The normalized spacial score (nSPS) is 14.4. The molecule has 0 fully saturated rings. The molecule has 0 amide bonds. The maximum atomic E-state index is 11.5. The zero-order valence-electron chi connectivity index (χ0n) is 10.0. The highest BCUT2D eigenvalue weighted by atomic mass is 32.2. The molecule has 0 aliphatic rings. The van der Waals surface area contributed by atoms with Crippen molar-refractivity contribution < 1.29 is 12.3 Å². The molecule has 86 valence electrons. The second kappa shape index (κ2) is 4.33. The van der Waals surface area contributed by atoms with Crippen LogP contribution < -0.4 is 0 Å². The predicted molar refractivity (Wildman–Crippen MR) is 62.4 cm³/mol. The van der Waals surface area contributed by atoms with E-state index < -0.39 is 18.4 Å². The van der Waals surface area contributed by atoms with E-state index >= 15 is 0 Å². The summed E-state index contributed by atoms with van der Waals surface area (Å²) in [5.41, 5.74) is 0. The van der Waals surface area contributed by atoms with Crippen LogP contribution in [0.2, 0.25) is 18.1 Å². The smallest absolute Gasteiger partial charge is 0.257 e. The minimum Gasteiger partial charge on any atom is -0.315 e. The third-order valence-corrected chi connectivity index (χ3v) is 9.80. The van der Waals surface area contributed by atoms with Gasteiger partial charge in [-0.2, -0.15) is 0 Å². The van der Waals surface area contributed by atoms with Gasteiger partial charge in [-0.1, -0.05) is 27.7 Å². The van der Waals surface area contributed by atoms with E-state index in [0.29, 0.717) is 6.42 Å². The van der Waals surface area contributed by atoms with Crippen LogP contribution in [0.5, 0.6) is 0 Å². The van der Waals surface area contributed by atoms with E-state index in [1.165, 1.54) is 0 Å². The Morgan fingerprint density at radius 2 is 1.64 bits per heavy atom. The third kappa shape index (κ3) is 4.10. The van der Waals surface area contributed by atoms with Gasteiger partial charge in [-0.15, -0.1) is 0 Å². The van der Waals surface area contributed by atoms with Crippen molar-refractivity contribution in [2.45, 2.75) is 52.2 Å². The van der Waals surface area contributed by atoms with Gasteiger partial charge in [-0.3, -0.25) is 0 Å². The molecule has 0 saturated carbocycles. The van der Waals surface area contributed by atoms with Crippen LogP contribution >= 0.6 is 0 Å². The Labute approximate surface area is 89.1 Å². The highest BCUT2D eigenvalue weighted by molar-refractivity contribution is 7.87. The minimum absolute atomic E-state index is 0.0617. The summed E-state index contributed by atoms with van der Waals surface area (Å²) in [6, 6.07) is 0. The molecular weight excluding hydrogens is 216 g/mol. The van der Waals surface area contributed by atoms with E-state index in [4.69, 9.17) is 3.87 Å². The summed E-state index contributed by atoms with van der Waals surface area (Å²) < 4.78 is 28.4. The van der Waals surface area contributed by atoms with Gasteiger partial charge in [0.05, 0.1) is 5.75 Å². The third-order valence-electron chi connectivity index (χ3n) is 2.60. The molecule has 0 aromatic carbocycles. The molecule has 14 heavy (non-hydrogen) atoms. The molecule has 0 aromatic heterocycles. The lowest BCUT2D eigenvalue weighted by atomic mass is 10.2. The van der Waals surface area contributed by atoms with Crippen molar-refractivity contribution in [3.63, 3.8) is 0 Å². The average molecular weight is 238 g/mol. The molecule has 0 aromatic rings. The maximum Gasteiger partial charge on any atom is 0.257 e. The average Bonchev–Trinajstić information content (AvgIpc) is 1.80. The van der Waals surface area contributed by atoms with Crippen LogP contribution in [0.15, 0.2) is 0 Å². The van der Waals surface area contributed by atoms with E-state index in [9.17, 15) is 8.42 Å². The van der Waals surface area contributed by atoms with Crippen molar-refractivity contribution >= 4 is 18.4 Å². The Kier molecular flexibility index (Phi) is 4.36. The van der Waals surface area contributed by atoms with Crippen molar-refractivity contribution in [3.05, 3.63) is 0 Å². The van der Waals surface area contributed by atoms with Crippen LogP contribution in [-0.2, 0) is 14.0 Å². The maximum absolute atomic E-state index is 11.5. The van der Waals surface area contributed by atoms with Gasteiger partial charge in [0.25, 0.3) is 10.1 Å². The lowest BCUT2D eigenvalue weighted by molar-refractivity contribution is 0.455. The summed E-state index contributed by atoms with van der Waals surface area (Å²) in [6.45, 7) is 11.8. The molecule has 0 radical (unpaired) electrons. The standard InChI is InChI=1S/C9H22O3SSi/c1-7-8-13(10,11)12-14(5,6)9(2,3)4/h7-8H2,1-6H3. The molecule has 0 spiro atoms. The Bertz CT molecular complexity index is 275. The molecule has 0 unspecified atom stereocenters. The first-order valence-electron chi connectivity index (χ1n) is 4.95. The topological polar surface area (TPSA) is 43.4 Å². The van der Waals surface area contributed by atoms with Crippen molar-refractivity contribution in [1.29, 1.82) is 0 Å². The molecule has 0 aliphatic heterocycles. The Morgan fingerprint density at radius 3 is 1.93 bits per heavy atom. The highest BCUT2D eigenvalue weighted by Crippen LogP contribution is 2.37. The first-order valence-corrected chi connectivity index (χ1v) is 9.44. The molecule has 0 atom stereocenters. The first kappa shape index (κ1) is 14.1. The van der Waals surface area contributed by atoms with Crippen LogP contribution in [0.25, 0.3) is 0 Å². The zero-order chi connectivity index (χ0) is 11.6. The lowest BCUT2D eigenvalue weighted by Gasteiger charge is -2.34. The number of rotatable bonds is 4. The van der Waals surface area contributed by atoms with Gasteiger partial charge < -0.3 is 3.87 Å². The van der Waals surface area contributed by atoms with Gasteiger partial charge in [-0.25, -0.2) is 8.42 Å². The van der Waals surface area contributed by atoms with E-state index in [2.05, 4.69) is 0 Å². The van der Waals surface area contributed by atoms with E-state index in [0.717, 1.165) is 0 Å². The van der Waals surface area contributed by atoms with Crippen molar-refractivity contribution in [3.8, 4) is 0 Å². The quantitative estimate of drug-likeness (QED) is 0.707. The second-order valence-electron chi connectivity index (χ2n) is 5.11. The van der Waals surface area contributed by atoms with E-state index in [1.54, 1.807) is 0 Å².